The van der Waals surface area contributed by atoms with Gasteiger partial charge in [0.25, 0.3) is 0 Å². The molecule has 0 saturated carbocycles. The van der Waals surface area contributed by atoms with Crippen molar-refractivity contribution >= 4 is 23.2 Å². The van der Waals surface area contributed by atoms with E-state index in [0.717, 1.165) is 6.20 Å². The van der Waals surface area contributed by atoms with Crippen molar-refractivity contribution in [3.05, 3.63) is 52.0 Å². The van der Waals surface area contributed by atoms with Crippen LogP contribution in [0.1, 0.15) is 5.56 Å². The molecule has 2 aromatic rings. The van der Waals surface area contributed by atoms with Gasteiger partial charge >= 0.3 is 0 Å². The lowest BCUT2D eigenvalue weighted by molar-refractivity contribution is 0.276. The van der Waals surface area contributed by atoms with Gasteiger partial charge < -0.3 is 5.11 Å². The van der Waals surface area contributed by atoms with E-state index < -0.39 is 12.4 Å². The summed E-state index contributed by atoms with van der Waals surface area (Å²) in [6.45, 7) is -0.424. The highest BCUT2D eigenvalue weighted by Crippen LogP contribution is 2.35. The zero-order valence-electron chi connectivity index (χ0n) is 8.62. The van der Waals surface area contributed by atoms with Gasteiger partial charge in [-0.2, -0.15) is 0 Å². The Kier molecular flexibility index (Phi) is 3.62. The van der Waals surface area contributed by atoms with Crippen molar-refractivity contribution < 1.29 is 9.50 Å². The van der Waals surface area contributed by atoms with Crippen LogP contribution in [-0.2, 0) is 6.61 Å². The molecule has 2 nitrogen and oxygen atoms in total. The number of pyridine rings is 1. The Morgan fingerprint density at radius 3 is 2.65 bits per heavy atom. The number of rotatable bonds is 2. The molecule has 0 bridgehead atoms. The van der Waals surface area contributed by atoms with Gasteiger partial charge in [-0.05, 0) is 6.07 Å². The normalized spacial score (nSPS) is 10.6. The maximum Gasteiger partial charge on any atom is 0.147 e. The number of hydrogen-bond donors (Lipinski definition) is 1. The fourth-order valence-electron chi connectivity index (χ4n) is 1.57. The maximum absolute atomic E-state index is 13.5. The summed E-state index contributed by atoms with van der Waals surface area (Å²) in [7, 11) is 0. The Bertz CT molecular complexity index is 560. The summed E-state index contributed by atoms with van der Waals surface area (Å²) in [5.41, 5.74) is 1.15. The van der Waals surface area contributed by atoms with Gasteiger partial charge in [0.2, 0.25) is 0 Å². The van der Waals surface area contributed by atoms with Gasteiger partial charge in [-0.3, -0.25) is 4.98 Å². The first-order valence-electron chi connectivity index (χ1n) is 4.82. The first kappa shape index (κ1) is 12.3. The number of nitrogens with zero attached hydrogens (tertiary/aromatic N) is 1. The highest BCUT2D eigenvalue weighted by atomic mass is 35.5. The van der Waals surface area contributed by atoms with Crippen LogP contribution in [0.5, 0.6) is 0 Å². The molecule has 0 aliphatic rings. The van der Waals surface area contributed by atoms with Crippen molar-refractivity contribution in [2.45, 2.75) is 6.61 Å². The Morgan fingerprint density at radius 2 is 1.94 bits per heavy atom. The molecule has 0 aliphatic carbocycles. The molecule has 0 saturated heterocycles. The summed E-state index contributed by atoms with van der Waals surface area (Å²) in [4.78, 5) is 3.75. The molecule has 0 unspecified atom stereocenters. The van der Waals surface area contributed by atoms with Crippen LogP contribution in [0.3, 0.4) is 0 Å². The Balaban J connectivity index is 2.68. The van der Waals surface area contributed by atoms with E-state index in [2.05, 4.69) is 4.98 Å². The number of benzene rings is 1. The van der Waals surface area contributed by atoms with Crippen LogP contribution in [0.2, 0.25) is 10.0 Å². The maximum atomic E-state index is 13.5. The largest absolute Gasteiger partial charge is 0.392 e. The van der Waals surface area contributed by atoms with Crippen LogP contribution in [0.4, 0.5) is 4.39 Å². The number of aliphatic hydroxyl groups is 1. The molecule has 5 heteroatoms. The second kappa shape index (κ2) is 5.00. The van der Waals surface area contributed by atoms with Crippen LogP contribution in [0, 0.1) is 5.82 Å². The quantitative estimate of drug-likeness (QED) is 0.904. The van der Waals surface area contributed by atoms with Gasteiger partial charge in [-0.1, -0.05) is 35.3 Å². The Hall–Kier alpha value is -1.16. The van der Waals surface area contributed by atoms with Crippen LogP contribution in [-0.4, -0.2) is 10.1 Å². The molecule has 17 heavy (non-hydrogen) atoms. The van der Waals surface area contributed by atoms with E-state index in [9.17, 15) is 9.50 Å². The highest BCUT2D eigenvalue weighted by molar-refractivity contribution is 6.43. The molecular weight excluding hydrogens is 264 g/mol. The molecular formula is C12H8Cl2FNO. The van der Waals surface area contributed by atoms with E-state index in [4.69, 9.17) is 23.2 Å². The van der Waals surface area contributed by atoms with Gasteiger partial charge in [0.1, 0.15) is 5.82 Å². The minimum absolute atomic E-state index is 0.157. The SMILES string of the molecule is OCc1c(F)cncc1-c1cccc(Cl)c1Cl. The van der Waals surface area contributed by atoms with Crippen LogP contribution in [0.25, 0.3) is 11.1 Å². The second-order valence-corrected chi connectivity index (χ2v) is 4.19. The summed E-state index contributed by atoms with van der Waals surface area (Å²) >= 11 is 11.9. The molecule has 2 rings (SSSR count). The summed E-state index contributed by atoms with van der Waals surface area (Å²) in [6, 6.07) is 5.04. The van der Waals surface area contributed by atoms with Crippen molar-refractivity contribution in [2.24, 2.45) is 0 Å². The number of hydrogen-bond acceptors (Lipinski definition) is 2. The first-order valence-corrected chi connectivity index (χ1v) is 5.58. The molecule has 0 aliphatic heterocycles. The molecule has 1 N–H and O–H groups in total. The summed E-state index contributed by atoms with van der Waals surface area (Å²) < 4.78 is 13.5. The third-order valence-electron chi connectivity index (χ3n) is 2.40. The van der Waals surface area contributed by atoms with Crippen molar-refractivity contribution in [1.82, 2.24) is 4.98 Å². The van der Waals surface area contributed by atoms with Crippen molar-refractivity contribution in [3.8, 4) is 11.1 Å². The second-order valence-electron chi connectivity index (χ2n) is 3.41. The topological polar surface area (TPSA) is 33.1 Å². The molecule has 0 atom stereocenters. The minimum atomic E-state index is -0.568. The third-order valence-corrected chi connectivity index (χ3v) is 3.22. The third kappa shape index (κ3) is 2.27. The Morgan fingerprint density at radius 1 is 1.18 bits per heavy atom. The molecule has 0 spiro atoms. The lowest BCUT2D eigenvalue weighted by Crippen LogP contribution is -1.96. The number of aromatic nitrogens is 1. The number of halogens is 3. The standard InChI is InChI=1S/C12H8Cl2FNO/c13-10-3-1-2-7(12(10)14)8-4-16-5-11(15)9(8)6-17/h1-5,17H,6H2. The van der Waals surface area contributed by atoms with Crippen LogP contribution in [0.15, 0.2) is 30.6 Å². The molecule has 0 radical (unpaired) electrons. The predicted molar refractivity (Wildman–Crippen MR) is 65.6 cm³/mol. The van der Waals surface area contributed by atoms with Gasteiger partial charge in [0, 0.05) is 22.9 Å². The van der Waals surface area contributed by atoms with E-state index in [1.807, 2.05) is 0 Å². The van der Waals surface area contributed by atoms with E-state index in [0.29, 0.717) is 21.2 Å². The van der Waals surface area contributed by atoms with E-state index in [-0.39, 0.29) is 5.56 Å². The van der Waals surface area contributed by atoms with E-state index in [1.54, 1.807) is 18.2 Å². The first-order chi connectivity index (χ1) is 8.15. The highest BCUT2D eigenvalue weighted by Gasteiger charge is 2.14. The lowest BCUT2D eigenvalue weighted by atomic mass is 10.0. The van der Waals surface area contributed by atoms with Gasteiger partial charge in [-0.15, -0.1) is 0 Å². The molecule has 0 amide bonds. The van der Waals surface area contributed by atoms with Crippen molar-refractivity contribution in [3.63, 3.8) is 0 Å². The number of aliphatic hydroxyl groups excluding tert-OH is 1. The van der Waals surface area contributed by atoms with Gasteiger partial charge in [0.15, 0.2) is 0 Å². The summed E-state index contributed by atoms with van der Waals surface area (Å²) in [5, 5.41) is 9.87. The van der Waals surface area contributed by atoms with Crippen LogP contribution < -0.4 is 0 Å². The Labute approximate surface area is 108 Å². The van der Waals surface area contributed by atoms with Gasteiger partial charge in [0.05, 0.1) is 22.8 Å². The molecule has 1 aromatic carbocycles. The van der Waals surface area contributed by atoms with E-state index in [1.165, 1.54) is 6.20 Å². The van der Waals surface area contributed by atoms with Gasteiger partial charge in [-0.25, -0.2) is 4.39 Å². The zero-order chi connectivity index (χ0) is 12.4. The fraction of sp³-hybridized carbons (Fsp3) is 0.0833. The average Bonchev–Trinajstić information content (AvgIpc) is 2.32. The predicted octanol–water partition coefficient (Wildman–Crippen LogP) is 3.69. The van der Waals surface area contributed by atoms with E-state index >= 15 is 0 Å². The lowest BCUT2D eigenvalue weighted by Gasteiger charge is -2.10. The summed E-state index contributed by atoms with van der Waals surface area (Å²) in [6.07, 6.45) is 2.50. The molecule has 1 aromatic heterocycles. The summed E-state index contributed by atoms with van der Waals surface area (Å²) in [5.74, 6) is -0.568. The zero-order valence-corrected chi connectivity index (χ0v) is 10.1. The minimum Gasteiger partial charge on any atom is -0.392 e. The average molecular weight is 272 g/mol. The monoisotopic (exact) mass is 271 g/mol. The molecule has 1 heterocycles. The van der Waals surface area contributed by atoms with Crippen molar-refractivity contribution in [2.75, 3.05) is 0 Å². The molecule has 88 valence electrons. The molecule has 0 fully saturated rings. The fourth-order valence-corrected chi connectivity index (χ4v) is 1.97. The smallest absolute Gasteiger partial charge is 0.147 e. The van der Waals surface area contributed by atoms with Crippen molar-refractivity contribution in [1.29, 1.82) is 0 Å². The van der Waals surface area contributed by atoms with Crippen LogP contribution >= 0.6 is 23.2 Å².